The van der Waals surface area contributed by atoms with Crippen LogP contribution < -0.4 is 9.47 Å². The first kappa shape index (κ1) is 63.4. The fourth-order valence-corrected chi connectivity index (χ4v) is 8.98. The summed E-state index contributed by atoms with van der Waals surface area (Å²) in [7, 11) is 7.84. The second-order valence-corrected chi connectivity index (χ2v) is 18.8. The quantitative estimate of drug-likeness (QED) is 0.0435. The van der Waals surface area contributed by atoms with Gasteiger partial charge in [0.25, 0.3) is 0 Å². The second kappa shape index (κ2) is 29.3. The topological polar surface area (TPSA) is 257 Å². The lowest BCUT2D eigenvalue weighted by Crippen LogP contribution is -2.06. The molecule has 444 valence electrons. The maximum Gasteiger partial charge on any atom is 0.341 e. The molecule has 0 unspecified atom stereocenters. The summed E-state index contributed by atoms with van der Waals surface area (Å²) >= 11 is 0. The third kappa shape index (κ3) is 16.1. The Morgan fingerprint density at radius 3 is 1.05 bits per heavy atom. The van der Waals surface area contributed by atoms with Crippen molar-refractivity contribution in [2.24, 2.45) is 0 Å². The van der Waals surface area contributed by atoms with Crippen LogP contribution in [0.15, 0.2) is 146 Å². The summed E-state index contributed by atoms with van der Waals surface area (Å²) in [4.78, 5) is 83.0. The zero-order valence-electron chi connectivity index (χ0n) is 47.4. The van der Waals surface area contributed by atoms with E-state index in [9.17, 15) is 47.0 Å². The highest BCUT2D eigenvalue weighted by Crippen LogP contribution is 2.36. The molecule has 0 saturated heterocycles. The Hall–Kier alpha value is -11.2. The Kier molecular flexibility index (Phi) is 21.4. The van der Waals surface area contributed by atoms with Gasteiger partial charge in [0.15, 0.2) is 17.2 Å². The predicted molar refractivity (Wildman–Crippen MR) is 316 cm³/mol. The molecule has 3 heterocycles. The van der Waals surface area contributed by atoms with Gasteiger partial charge >= 0.3 is 35.8 Å². The standard InChI is InChI=1S/C23H20FNO5.C22H18FNO5.C21H16FNO5/c1-28-20(26)9-6-16-12-19(23(27)30-3)22(29-2)21-18(16)11-15(13-25-21)10-14-4-7-17(24)8-5-14;1-28-21-18(22(27)29-2)11-15(5-8-19(25)26)17-10-14(12-24-20(17)21)9-13-3-6-16(23)7-4-13;1-28-21(27)17-10-14(4-7-18(24)25)16-9-13(11-23-19(16)20(17)26)8-12-2-5-15(22)6-3-12/h4-9,11-13H,10H2,1-3H3;3-8,10-12H,9H2,1-2H3,(H,25,26);2-7,9-11,26H,8H2,1H3,(H,24,25)/b9-6+;8-5+;7-4+. The van der Waals surface area contributed by atoms with Crippen LogP contribution in [-0.2, 0) is 52.6 Å². The molecule has 0 spiro atoms. The number of halogens is 3. The minimum absolute atomic E-state index is 0.112. The van der Waals surface area contributed by atoms with E-state index in [1.807, 2.05) is 12.1 Å². The third-order valence-electron chi connectivity index (χ3n) is 13.1. The monoisotopic (exact) mass is 1190 g/mol. The van der Waals surface area contributed by atoms with E-state index in [1.54, 1.807) is 67.0 Å². The molecule has 18 nitrogen and oxygen atoms in total. The molecule has 0 radical (unpaired) electrons. The summed E-state index contributed by atoms with van der Waals surface area (Å²) in [5, 5.41) is 30.1. The average molecular weight is 1190 g/mol. The summed E-state index contributed by atoms with van der Waals surface area (Å²) in [6.07, 6.45) is 13.8. The maximum atomic E-state index is 13.2. The van der Waals surface area contributed by atoms with Crippen molar-refractivity contribution in [3.05, 3.63) is 230 Å². The molecule has 87 heavy (non-hydrogen) atoms. The zero-order chi connectivity index (χ0) is 62.9. The smallest absolute Gasteiger partial charge is 0.341 e. The van der Waals surface area contributed by atoms with Crippen LogP contribution in [0.3, 0.4) is 0 Å². The van der Waals surface area contributed by atoms with Gasteiger partial charge < -0.3 is 43.7 Å². The molecule has 0 bridgehead atoms. The molecule has 0 aliphatic heterocycles. The number of carboxylic acid groups (broad SMARTS) is 2. The van der Waals surface area contributed by atoms with Gasteiger partial charge in [-0.05, 0) is 160 Å². The van der Waals surface area contributed by atoms with Crippen molar-refractivity contribution in [2.75, 3.05) is 42.7 Å². The van der Waals surface area contributed by atoms with Crippen LogP contribution in [-0.4, -0.2) is 109 Å². The zero-order valence-corrected chi connectivity index (χ0v) is 47.4. The number of fused-ring (bicyclic) bond motifs is 3. The minimum Gasteiger partial charge on any atom is -0.505 e. The number of aromatic nitrogens is 3. The molecule has 0 saturated carbocycles. The molecular weight excluding hydrogens is 1130 g/mol. The van der Waals surface area contributed by atoms with Crippen LogP contribution >= 0.6 is 0 Å². The number of aliphatic carboxylic acids is 2. The van der Waals surface area contributed by atoms with Crippen LogP contribution in [0.2, 0.25) is 0 Å². The highest BCUT2D eigenvalue weighted by atomic mass is 19.1. The van der Waals surface area contributed by atoms with E-state index < -0.39 is 35.8 Å². The van der Waals surface area contributed by atoms with Crippen molar-refractivity contribution in [2.45, 2.75) is 19.3 Å². The lowest BCUT2D eigenvalue weighted by Gasteiger charge is -2.13. The predicted octanol–water partition coefficient (Wildman–Crippen LogP) is 11.4. The number of phenols is 1. The minimum atomic E-state index is -1.16. The molecule has 0 fully saturated rings. The van der Waals surface area contributed by atoms with E-state index in [0.717, 1.165) is 45.5 Å². The molecule has 9 rings (SSSR count). The van der Waals surface area contributed by atoms with Gasteiger partial charge in [-0.3, -0.25) is 15.0 Å². The third-order valence-corrected chi connectivity index (χ3v) is 13.1. The first-order chi connectivity index (χ1) is 41.8. The number of esters is 4. The highest BCUT2D eigenvalue weighted by molar-refractivity contribution is 6.07. The number of hydrogen-bond donors (Lipinski definition) is 3. The van der Waals surface area contributed by atoms with Crippen molar-refractivity contribution in [3.63, 3.8) is 0 Å². The molecule has 6 aromatic carbocycles. The molecular formula is C66H54F3N3O15. The Morgan fingerprint density at radius 1 is 0.414 bits per heavy atom. The van der Waals surface area contributed by atoms with Crippen molar-refractivity contribution >= 4 is 86.8 Å². The molecule has 3 N–H and O–H groups in total. The number of aromatic hydroxyl groups is 1. The summed E-state index contributed by atoms with van der Waals surface area (Å²) in [5.74, 6) is -5.55. The Bertz CT molecular complexity index is 4170. The second-order valence-electron chi connectivity index (χ2n) is 18.8. The van der Waals surface area contributed by atoms with Gasteiger partial charge in [-0.25, -0.2) is 41.9 Å². The Balaban J connectivity index is 0.000000187. The van der Waals surface area contributed by atoms with Crippen LogP contribution in [0, 0.1) is 17.5 Å². The van der Waals surface area contributed by atoms with Crippen molar-refractivity contribution < 1.29 is 85.7 Å². The normalized spacial score (nSPS) is 11.0. The highest BCUT2D eigenvalue weighted by Gasteiger charge is 2.23. The SMILES string of the molecule is COC(=O)/C=C/c1cc(C(=O)OC)c(OC)c2ncc(Cc3ccc(F)cc3)cc12.COC(=O)c1cc(/C=C/C(=O)O)c2cc(Cc3ccc(F)cc3)cnc2c1O.COC(=O)c1cc(/C=C/C(=O)O)c2cc(Cc3ccc(F)cc3)cnc2c1OC. The molecule has 3 aromatic heterocycles. The van der Waals surface area contributed by atoms with Gasteiger partial charge in [-0.15, -0.1) is 0 Å². The van der Waals surface area contributed by atoms with Crippen LogP contribution in [0.25, 0.3) is 50.9 Å². The molecule has 9 aromatic rings. The van der Waals surface area contributed by atoms with Gasteiger partial charge in [-0.1, -0.05) is 36.4 Å². The maximum absolute atomic E-state index is 13.2. The van der Waals surface area contributed by atoms with E-state index in [1.165, 1.54) is 116 Å². The van der Waals surface area contributed by atoms with E-state index in [2.05, 4.69) is 24.4 Å². The van der Waals surface area contributed by atoms with Gasteiger partial charge in [0.05, 0.1) is 42.7 Å². The average Bonchev–Trinajstić information content (AvgIpc) is 2.33. The number of methoxy groups -OCH3 is 6. The van der Waals surface area contributed by atoms with E-state index in [-0.39, 0.29) is 56.9 Å². The number of carbonyl (C=O) groups excluding carboxylic acids is 4. The summed E-state index contributed by atoms with van der Waals surface area (Å²) in [6, 6.07) is 28.3. The van der Waals surface area contributed by atoms with Crippen LogP contribution in [0.1, 0.15) is 81.1 Å². The number of hydrogen-bond acceptors (Lipinski definition) is 16. The van der Waals surface area contributed by atoms with E-state index in [4.69, 9.17) is 29.2 Å². The molecule has 0 amide bonds. The summed E-state index contributed by atoms with van der Waals surface area (Å²) < 4.78 is 69.2. The number of ether oxygens (including phenoxy) is 6. The van der Waals surface area contributed by atoms with E-state index >= 15 is 0 Å². The Labute approximate surface area is 495 Å². The molecule has 0 aliphatic carbocycles. The number of rotatable bonds is 17. The fourth-order valence-electron chi connectivity index (χ4n) is 8.98. The number of phenolic OH excluding ortho intramolecular Hbond substituents is 1. The van der Waals surface area contributed by atoms with Gasteiger partial charge in [0.2, 0.25) is 0 Å². The number of benzene rings is 6. The van der Waals surface area contributed by atoms with Gasteiger partial charge in [0.1, 0.15) is 50.7 Å². The first-order valence-corrected chi connectivity index (χ1v) is 26.0. The summed E-state index contributed by atoms with van der Waals surface area (Å²) in [6.45, 7) is 0. The van der Waals surface area contributed by atoms with Gasteiger partial charge in [0, 0.05) is 53.0 Å². The van der Waals surface area contributed by atoms with Crippen molar-refractivity contribution in [1.29, 1.82) is 0 Å². The first-order valence-electron chi connectivity index (χ1n) is 26.0. The fraction of sp³-hybridized carbons (Fsp3) is 0.136. The molecule has 0 atom stereocenters. The number of nitrogens with zero attached hydrogens (tertiary/aromatic N) is 3. The molecule has 21 heteroatoms. The molecule has 0 aliphatic rings. The Morgan fingerprint density at radius 2 is 0.724 bits per heavy atom. The lowest BCUT2D eigenvalue weighted by atomic mass is 9.99. The van der Waals surface area contributed by atoms with Crippen LogP contribution in [0.4, 0.5) is 13.2 Å². The number of pyridine rings is 3. The van der Waals surface area contributed by atoms with Gasteiger partial charge in [-0.2, -0.15) is 0 Å². The summed E-state index contributed by atoms with van der Waals surface area (Å²) in [5.41, 5.74) is 7.83. The lowest BCUT2D eigenvalue weighted by molar-refractivity contribution is -0.135. The van der Waals surface area contributed by atoms with Crippen molar-refractivity contribution in [3.8, 4) is 17.2 Å². The van der Waals surface area contributed by atoms with E-state index in [0.29, 0.717) is 63.1 Å². The number of carboxylic acids is 2. The largest absolute Gasteiger partial charge is 0.505 e. The van der Waals surface area contributed by atoms with Crippen molar-refractivity contribution in [1.82, 2.24) is 15.0 Å². The number of carbonyl (C=O) groups is 6. The van der Waals surface area contributed by atoms with Crippen LogP contribution in [0.5, 0.6) is 17.2 Å².